The fourth-order valence-electron chi connectivity index (χ4n) is 6.46. The Bertz CT molecular complexity index is 2300. The third kappa shape index (κ3) is 4.26. The predicted octanol–water partition coefficient (Wildman–Crippen LogP) is 11.2. The van der Waals surface area contributed by atoms with E-state index in [9.17, 15) is 0 Å². The number of hydrogen-bond acceptors (Lipinski definition) is 2. The average molecular weight is 551 g/mol. The number of hydrogen-bond donors (Lipinski definition) is 0. The van der Waals surface area contributed by atoms with Crippen LogP contribution in [0.2, 0.25) is 0 Å². The third-order valence-electron chi connectivity index (χ3n) is 8.69. The first-order chi connectivity index (χ1) is 21.2. The fraction of sp³-hybridized carbons (Fsp3) is 0.0732. The molecule has 6 aromatic carbocycles. The van der Waals surface area contributed by atoms with Gasteiger partial charge in [-0.25, -0.2) is 4.98 Å². The van der Waals surface area contributed by atoms with Crippen molar-refractivity contribution in [3.05, 3.63) is 145 Å². The van der Waals surface area contributed by atoms with Crippen LogP contribution in [-0.2, 0) is 0 Å². The summed E-state index contributed by atoms with van der Waals surface area (Å²) in [5.74, 6) is 0.428. The molecule has 0 N–H and O–H groups in total. The standard InChI is InChI=1S/C41H30N2/c1-26(2)29-17-18-33-31-16-10-9-15-30(31)24-38(37(33)23-29)39-25-36(28-13-7-4-8-14-28)35-20-19-34-32(27-11-5-3-6-12-27)21-22-42-40(34)41(35)43-39/h3-26H,1-2H3. The maximum Gasteiger partial charge on any atom is 0.0978 e. The highest BCUT2D eigenvalue weighted by Gasteiger charge is 2.17. The lowest BCUT2D eigenvalue weighted by atomic mass is 9.90. The van der Waals surface area contributed by atoms with Gasteiger partial charge in [-0.1, -0.05) is 129 Å². The Hall–Kier alpha value is -5.34. The van der Waals surface area contributed by atoms with Crippen LogP contribution in [0.1, 0.15) is 25.3 Å². The van der Waals surface area contributed by atoms with Gasteiger partial charge in [0.05, 0.1) is 16.7 Å². The quantitative estimate of drug-likeness (QED) is 0.204. The molecule has 0 aliphatic carbocycles. The van der Waals surface area contributed by atoms with E-state index in [1.807, 2.05) is 6.20 Å². The smallest absolute Gasteiger partial charge is 0.0978 e. The van der Waals surface area contributed by atoms with Gasteiger partial charge < -0.3 is 0 Å². The van der Waals surface area contributed by atoms with Crippen molar-refractivity contribution >= 4 is 43.4 Å². The molecule has 0 aliphatic rings. The lowest BCUT2D eigenvalue weighted by molar-refractivity contribution is 0.869. The Balaban J connectivity index is 1.50. The summed E-state index contributed by atoms with van der Waals surface area (Å²) in [7, 11) is 0. The van der Waals surface area contributed by atoms with E-state index < -0.39 is 0 Å². The zero-order valence-electron chi connectivity index (χ0n) is 24.3. The molecule has 2 aromatic heterocycles. The Kier molecular flexibility index (Phi) is 6.01. The number of benzene rings is 6. The molecule has 8 aromatic rings. The molecule has 8 rings (SSSR count). The summed E-state index contributed by atoms with van der Waals surface area (Å²) >= 11 is 0. The Morgan fingerprint density at radius 2 is 1.12 bits per heavy atom. The second kappa shape index (κ2) is 10.2. The number of aromatic nitrogens is 2. The first-order valence-electron chi connectivity index (χ1n) is 14.9. The summed E-state index contributed by atoms with van der Waals surface area (Å²) in [6, 6.07) is 47.9. The van der Waals surface area contributed by atoms with Gasteiger partial charge in [0, 0.05) is 22.5 Å². The van der Waals surface area contributed by atoms with Crippen molar-refractivity contribution in [2.24, 2.45) is 0 Å². The minimum absolute atomic E-state index is 0.428. The van der Waals surface area contributed by atoms with Crippen LogP contribution in [-0.4, -0.2) is 9.97 Å². The van der Waals surface area contributed by atoms with E-state index in [0.29, 0.717) is 5.92 Å². The summed E-state index contributed by atoms with van der Waals surface area (Å²) in [5, 5.41) is 7.17. The van der Waals surface area contributed by atoms with Gasteiger partial charge in [-0.15, -0.1) is 0 Å². The van der Waals surface area contributed by atoms with E-state index in [1.54, 1.807) is 0 Å². The molecular weight excluding hydrogens is 520 g/mol. The van der Waals surface area contributed by atoms with E-state index in [0.717, 1.165) is 38.6 Å². The molecule has 0 amide bonds. The van der Waals surface area contributed by atoms with Crippen LogP contribution in [0, 0.1) is 0 Å². The minimum atomic E-state index is 0.428. The van der Waals surface area contributed by atoms with Crippen molar-refractivity contribution in [2.75, 3.05) is 0 Å². The number of pyridine rings is 2. The van der Waals surface area contributed by atoms with E-state index >= 15 is 0 Å². The molecule has 0 saturated carbocycles. The lowest BCUT2D eigenvalue weighted by Crippen LogP contribution is -1.95. The SMILES string of the molecule is CC(C)c1ccc2c(c1)c(-c1cc(-c3ccccc3)c3ccc4c(-c5ccccc5)ccnc4c3n1)cc1ccccc12. The van der Waals surface area contributed by atoms with Crippen molar-refractivity contribution in [1.29, 1.82) is 0 Å². The zero-order valence-corrected chi connectivity index (χ0v) is 24.3. The molecule has 0 aliphatic heterocycles. The molecule has 2 heteroatoms. The predicted molar refractivity (Wildman–Crippen MR) is 182 cm³/mol. The summed E-state index contributed by atoms with van der Waals surface area (Å²) < 4.78 is 0. The normalized spacial score (nSPS) is 11.7. The van der Waals surface area contributed by atoms with Crippen molar-refractivity contribution in [3.8, 4) is 33.5 Å². The molecule has 0 spiro atoms. The van der Waals surface area contributed by atoms with Crippen LogP contribution in [0.15, 0.2) is 140 Å². The molecular formula is C41H30N2. The summed E-state index contributed by atoms with van der Waals surface area (Å²) in [6.07, 6.45) is 1.92. The van der Waals surface area contributed by atoms with Crippen molar-refractivity contribution < 1.29 is 0 Å². The van der Waals surface area contributed by atoms with Crippen LogP contribution in [0.25, 0.3) is 76.9 Å². The van der Waals surface area contributed by atoms with E-state index in [2.05, 4.69) is 147 Å². The van der Waals surface area contributed by atoms with E-state index in [1.165, 1.54) is 43.8 Å². The number of nitrogens with zero attached hydrogens (tertiary/aromatic N) is 2. The van der Waals surface area contributed by atoms with Crippen molar-refractivity contribution in [1.82, 2.24) is 9.97 Å². The first-order valence-corrected chi connectivity index (χ1v) is 14.9. The maximum atomic E-state index is 5.46. The second-order valence-electron chi connectivity index (χ2n) is 11.6. The molecule has 0 atom stereocenters. The Morgan fingerprint density at radius 3 is 1.86 bits per heavy atom. The Morgan fingerprint density at radius 1 is 0.465 bits per heavy atom. The zero-order chi connectivity index (χ0) is 28.9. The van der Waals surface area contributed by atoms with Gasteiger partial charge in [0.1, 0.15) is 0 Å². The topological polar surface area (TPSA) is 25.8 Å². The van der Waals surface area contributed by atoms with Crippen LogP contribution in [0.4, 0.5) is 0 Å². The van der Waals surface area contributed by atoms with E-state index in [4.69, 9.17) is 9.97 Å². The molecule has 0 fully saturated rings. The number of rotatable bonds is 4. The largest absolute Gasteiger partial charge is 0.254 e. The van der Waals surface area contributed by atoms with Crippen molar-refractivity contribution in [3.63, 3.8) is 0 Å². The Labute approximate surface area is 251 Å². The highest BCUT2D eigenvalue weighted by molar-refractivity contribution is 6.16. The van der Waals surface area contributed by atoms with Crippen LogP contribution in [0.5, 0.6) is 0 Å². The van der Waals surface area contributed by atoms with Gasteiger partial charge in [0.25, 0.3) is 0 Å². The minimum Gasteiger partial charge on any atom is -0.254 e. The van der Waals surface area contributed by atoms with Gasteiger partial charge in [0.2, 0.25) is 0 Å². The summed E-state index contributed by atoms with van der Waals surface area (Å²) in [5.41, 5.74) is 9.95. The van der Waals surface area contributed by atoms with Gasteiger partial charge in [-0.05, 0) is 73.5 Å². The van der Waals surface area contributed by atoms with Crippen LogP contribution >= 0.6 is 0 Å². The van der Waals surface area contributed by atoms with E-state index in [-0.39, 0.29) is 0 Å². The monoisotopic (exact) mass is 550 g/mol. The van der Waals surface area contributed by atoms with Gasteiger partial charge in [-0.3, -0.25) is 4.98 Å². The van der Waals surface area contributed by atoms with Crippen molar-refractivity contribution in [2.45, 2.75) is 19.8 Å². The highest BCUT2D eigenvalue weighted by atomic mass is 14.8. The van der Waals surface area contributed by atoms with Gasteiger partial charge in [-0.2, -0.15) is 0 Å². The summed E-state index contributed by atoms with van der Waals surface area (Å²) in [6.45, 7) is 4.51. The fourth-order valence-corrected chi connectivity index (χ4v) is 6.46. The molecule has 2 heterocycles. The average Bonchev–Trinajstić information content (AvgIpc) is 3.07. The van der Waals surface area contributed by atoms with Crippen LogP contribution in [0.3, 0.4) is 0 Å². The molecule has 204 valence electrons. The molecule has 0 bridgehead atoms. The molecule has 0 unspecified atom stereocenters. The molecule has 0 radical (unpaired) electrons. The number of fused-ring (bicyclic) bond motifs is 6. The molecule has 43 heavy (non-hydrogen) atoms. The van der Waals surface area contributed by atoms with Gasteiger partial charge >= 0.3 is 0 Å². The van der Waals surface area contributed by atoms with Crippen LogP contribution < -0.4 is 0 Å². The molecule has 0 saturated heterocycles. The second-order valence-corrected chi connectivity index (χ2v) is 11.6. The lowest BCUT2D eigenvalue weighted by Gasteiger charge is -2.16. The molecule has 2 nitrogen and oxygen atoms in total. The highest BCUT2D eigenvalue weighted by Crippen LogP contribution is 2.41. The summed E-state index contributed by atoms with van der Waals surface area (Å²) in [4.78, 5) is 10.4. The first kappa shape index (κ1) is 25.4. The third-order valence-corrected chi connectivity index (χ3v) is 8.69. The maximum absolute atomic E-state index is 5.46. The van der Waals surface area contributed by atoms with Gasteiger partial charge in [0.15, 0.2) is 0 Å².